The second kappa shape index (κ2) is 6.23. The molecule has 1 nitrogen and oxygen atoms in total. The predicted octanol–water partition coefficient (Wildman–Crippen LogP) is 4.86. The van der Waals surface area contributed by atoms with Crippen LogP contribution in [0.3, 0.4) is 0 Å². The maximum Gasteiger partial charge on any atom is 0.0788 e. The lowest BCUT2D eigenvalue weighted by atomic mass is 9.81. The summed E-state index contributed by atoms with van der Waals surface area (Å²) >= 11 is 0. The molecule has 0 aromatic carbocycles. The van der Waals surface area contributed by atoms with E-state index in [-0.39, 0.29) is 0 Å². The van der Waals surface area contributed by atoms with Crippen molar-refractivity contribution in [3.8, 4) is 0 Å². The van der Waals surface area contributed by atoms with Crippen LogP contribution in [-0.2, 0) is 4.74 Å². The Morgan fingerprint density at radius 1 is 0.722 bits per heavy atom. The summed E-state index contributed by atoms with van der Waals surface area (Å²) in [5.41, 5.74) is 0. The first-order chi connectivity index (χ1) is 8.93. The van der Waals surface area contributed by atoms with Crippen molar-refractivity contribution in [2.45, 2.75) is 82.8 Å². The van der Waals surface area contributed by atoms with E-state index in [0.717, 1.165) is 11.8 Å². The average molecular weight is 248 g/mol. The first-order valence-corrected chi connectivity index (χ1v) is 8.25. The Hall–Kier alpha value is -0.300. The van der Waals surface area contributed by atoms with Gasteiger partial charge >= 0.3 is 0 Å². The predicted molar refractivity (Wildman–Crippen MR) is 75.6 cm³/mol. The molecule has 2 atom stereocenters. The fourth-order valence-electron chi connectivity index (χ4n) is 4.19. The van der Waals surface area contributed by atoms with Crippen LogP contribution in [0.4, 0.5) is 0 Å². The molecule has 0 spiro atoms. The van der Waals surface area contributed by atoms with Crippen LogP contribution in [0.5, 0.6) is 0 Å². The SMILES string of the molecule is C1=C[C@@H](C2CCCCC2)O[C@@H](C2CCCCC2)C1. The van der Waals surface area contributed by atoms with E-state index in [9.17, 15) is 0 Å². The van der Waals surface area contributed by atoms with E-state index in [4.69, 9.17) is 4.74 Å². The summed E-state index contributed by atoms with van der Waals surface area (Å²) in [6.07, 6.45) is 21.2. The fourth-order valence-corrected chi connectivity index (χ4v) is 4.19. The highest BCUT2D eigenvalue weighted by atomic mass is 16.5. The van der Waals surface area contributed by atoms with Gasteiger partial charge in [0.15, 0.2) is 0 Å². The lowest BCUT2D eigenvalue weighted by Gasteiger charge is -2.38. The molecule has 2 saturated carbocycles. The number of ether oxygens (including phenoxy) is 1. The van der Waals surface area contributed by atoms with E-state index in [0.29, 0.717) is 12.2 Å². The van der Waals surface area contributed by atoms with Crippen molar-refractivity contribution in [1.82, 2.24) is 0 Å². The molecule has 0 unspecified atom stereocenters. The van der Waals surface area contributed by atoms with Gasteiger partial charge < -0.3 is 4.74 Å². The molecule has 102 valence electrons. The Morgan fingerprint density at radius 2 is 1.33 bits per heavy atom. The van der Waals surface area contributed by atoms with E-state index in [2.05, 4.69) is 12.2 Å². The zero-order valence-electron chi connectivity index (χ0n) is 11.7. The Balaban J connectivity index is 1.57. The molecule has 1 heterocycles. The highest BCUT2D eigenvalue weighted by Gasteiger charge is 2.31. The van der Waals surface area contributed by atoms with Crippen molar-refractivity contribution in [2.75, 3.05) is 0 Å². The molecule has 2 fully saturated rings. The quantitative estimate of drug-likeness (QED) is 0.634. The van der Waals surface area contributed by atoms with Gasteiger partial charge in [0.1, 0.15) is 0 Å². The fraction of sp³-hybridized carbons (Fsp3) is 0.882. The molecular formula is C17H28O. The van der Waals surface area contributed by atoms with Gasteiger partial charge in [-0.25, -0.2) is 0 Å². The van der Waals surface area contributed by atoms with Gasteiger partial charge in [0.25, 0.3) is 0 Å². The van der Waals surface area contributed by atoms with Crippen molar-refractivity contribution in [3.63, 3.8) is 0 Å². The first kappa shape index (κ1) is 12.7. The zero-order valence-corrected chi connectivity index (χ0v) is 11.7. The maximum atomic E-state index is 6.48. The average Bonchev–Trinajstić information content (AvgIpc) is 2.49. The van der Waals surface area contributed by atoms with Gasteiger partial charge in [0.05, 0.1) is 12.2 Å². The largest absolute Gasteiger partial charge is 0.370 e. The molecule has 0 aromatic heterocycles. The van der Waals surface area contributed by atoms with Gasteiger partial charge in [-0.15, -0.1) is 0 Å². The third-order valence-electron chi connectivity index (χ3n) is 5.32. The molecule has 0 radical (unpaired) electrons. The lowest BCUT2D eigenvalue weighted by Crippen LogP contribution is -2.36. The van der Waals surface area contributed by atoms with Crippen LogP contribution in [0, 0.1) is 11.8 Å². The first-order valence-electron chi connectivity index (χ1n) is 8.25. The Kier molecular flexibility index (Phi) is 4.40. The monoisotopic (exact) mass is 248 g/mol. The van der Waals surface area contributed by atoms with Crippen molar-refractivity contribution in [3.05, 3.63) is 12.2 Å². The van der Waals surface area contributed by atoms with Crippen LogP contribution in [0.1, 0.15) is 70.6 Å². The van der Waals surface area contributed by atoms with Gasteiger partial charge in [0, 0.05) is 0 Å². The van der Waals surface area contributed by atoms with Gasteiger partial charge in [-0.05, 0) is 43.9 Å². The van der Waals surface area contributed by atoms with Gasteiger partial charge in [-0.3, -0.25) is 0 Å². The van der Waals surface area contributed by atoms with Crippen LogP contribution in [-0.4, -0.2) is 12.2 Å². The van der Waals surface area contributed by atoms with Crippen molar-refractivity contribution in [2.24, 2.45) is 11.8 Å². The Bertz CT molecular complexity index is 271. The second-order valence-corrected chi connectivity index (χ2v) is 6.60. The van der Waals surface area contributed by atoms with Crippen molar-refractivity contribution < 1.29 is 4.74 Å². The molecular weight excluding hydrogens is 220 g/mol. The second-order valence-electron chi connectivity index (χ2n) is 6.60. The summed E-state index contributed by atoms with van der Waals surface area (Å²) in [5.74, 6) is 1.68. The van der Waals surface area contributed by atoms with E-state index < -0.39 is 0 Å². The molecule has 0 N–H and O–H groups in total. The zero-order chi connectivity index (χ0) is 12.2. The van der Waals surface area contributed by atoms with Crippen LogP contribution >= 0.6 is 0 Å². The molecule has 18 heavy (non-hydrogen) atoms. The molecule has 1 aliphatic heterocycles. The molecule has 3 aliphatic rings. The molecule has 0 amide bonds. The molecule has 3 rings (SSSR count). The minimum Gasteiger partial charge on any atom is -0.370 e. The van der Waals surface area contributed by atoms with Gasteiger partial charge in [-0.1, -0.05) is 50.7 Å². The summed E-state index contributed by atoms with van der Waals surface area (Å²) in [7, 11) is 0. The summed E-state index contributed by atoms with van der Waals surface area (Å²) < 4.78 is 6.48. The van der Waals surface area contributed by atoms with Crippen LogP contribution in [0.15, 0.2) is 12.2 Å². The third-order valence-corrected chi connectivity index (χ3v) is 5.32. The minimum absolute atomic E-state index is 0.450. The van der Waals surface area contributed by atoms with Crippen molar-refractivity contribution >= 4 is 0 Å². The maximum absolute atomic E-state index is 6.48. The van der Waals surface area contributed by atoms with Crippen molar-refractivity contribution in [1.29, 1.82) is 0 Å². The molecule has 0 saturated heterocycles. The van der Waals surface area contributed by atoms with E-state index >= 15 is 0 Å². The van der Waals surface area contributed by atoms with E-state index in [1.807, 2.05) is 0 Å². The molecule has 0 bridgehead atoms. The van der Waals surface area contributed by atoms with Crippen LogP contribution in [0.25, 0.3) is 0 Å². The Morgan fingerprint density at radius 3 is 2.00 bits per heavy atom. The highest BCUT2D eigenvalue weighted by Crippen LogP contribution is 2.36. The van der Waals surface area contributed by atoms with Crippen LogP contribution in [0.2, 0.25) is 0 Å². The number of hydrogen-bond acceptors (Lipinski definition) is 1. The minimum atomic E-state index is 0.450. The summed E-state index contributed by atoms with van der Waals surface area (Å²) in [5, 5.41) is 0. The lowest BCUT2D eigenvalue weighted by molar-refractivity contribution is -0.0647. The van der Waals surface area contributed by atoms with E-state index in [1.165, 1.54) is 70.6 Å². The smallest absolute Gasteiger partial charge is 0.0788 e. The highest BCUT2D eigenvalue weighted by molar-refractivity contribution is 5.00. The summed E-state index contributed by atoms with van der Waals surface area (Å²) in [6.45, 7) is 0. The standard InChI is InChI=1S/C17H28O/c1-3-8-14(9-4-1)16-12-7-13-17(18-16)15-10-5-2-6-11-15/h7,12,14-17H,1-6,8-11,13H2/t16-,17+/m0/s1. The molecule has 1 heteroatoms. The van der Waals surface area contributed by atoms with Crippen LogP contribution < -0.4 is 0 Å². The number of rotatable bonds is 2. The van der Waals surface area contributed by atoms with Gasteiger partial charge in [-0.2, -0.15) is 0 Å². The molecule has 0 aromatic rings. The molecule has 2 aliphatic carbocycles. The third kappa shape index (κ3) is 2.99. The van der Waals surface area contributed by atoms with Gasteiger partial charge in [0.2, 0.25) is 0 Å². The Labute approximate surface area is 112 Å². The topological polar surface area (TPSA) is 9.23 Å². The summed E-state index contributed by atoms with van der Waals surface area (Å²) in [4.78, 5) is 0. The normalized spacial score (nSPS) is 35.8. The number of hydrogen-bond donors (Lipinski definition) is 0. The van der Waals surface area contributed by atoms with E-state index in [1.54, 1.807) is 0 Å². The summed E-state index contributed by atoms with van der Waals surface area (Å²) in [6, 6.07) is 0.